The van der Waals surface area contributed by atoms with Crippen LogP contribution in [0, 0.1) is 0 Å². The van der Waals surface area contributed by atoms with Crippen LogP contribution >= 0.6 is 0 Å². The molecule has 8 heteroatoms. The van der Waals surface area contributed by atoms with Crippen LogP contribution in [0.3, 0.4) is 0 Å². The molecule has 0 N–H and O–H groups in total. The zero-order chi connectivity index (χ0) is 21.7. The first kappa shape index (κ1) is 22.0. The van der Waals surface area contributed by atoms with Gasteiger partial charge in [-0.05, 0) is 55.6 Å². The van der Waals surface area contributed by atoms with Gasteiger partial charge in [-0.25, -0.2) is 4.79 Å². The van der Waals surface area contributed by atoms with Gasteiger partial charge in [0, 0.05) is 25.9 Å². The number of allylic oxidation sites excluding steroid dienone is 1. The number of benzene rings is 1. The molecular weight excluding hydrogens is 390 g/mol. The standard InChI is InChI=1S/C22H29NO7/c1-5-8-23-9-7-15-10-19-20(28-13-27-19)11-16(15)17(12-23)21(18(6-2)26-4)30-22(25)29-14(3)24/h6,10-11,17,21H,5,7-9,12-13H2,1-4H3/b18-6+. The fraction of sp³-hybridized carbons (Fsp3) is 0.545. The van der Waals surface area contributed by atoms with Crippen molar-refractivity contribution in [2.24, 2.45) is 0 Å². The molecule has 1 aromatic carbocycles. The highest BCUT2D eigenvalue weighted by molar-refractivity contribution is 5.80. The summed E-state index contributed by atoms with van der Waals surface area (Å²) in [5, 5.41) is 0. The normalized spacial score (nSPS) is 19.5. The lowest BCUT2D eigenvalue weighted by Crippen LogP contribution is -2.37. The lowest BCUT2D eigenvalue weighted by atomic mass is 9.87. The van der Waals surface area contributed by atoms with E-state index >= 15 is 0 Å². The van der Waals surface area contributed by atoms with Gasteiger partial charge in [0.25, 0.3) is 0 Å². The van der Waals surface area contributed by atoms with E-state index in [1.807, 2.05) is 19.1 Å². The van der Waals surface area contributed by atoms with Gasteiger partial charge >= 0.3 is 12.1 Å². The Morgan fingerprint density at radius 3 is 2.67 bits per heavy atom. The molecule has 1 aromatic rings. The monoisotopic (exact) mass is 419 g/mol. The second kappa shape index (κ2) is 9.84. The van der Waals surface area contributed by atoms with E-state index in [0.29, 0.717) is 18.1 Å². The molecule has 30 heavy (non-hydrogen) atoms. The zero-order valence-electron chi connectivity index (χ0n) is 17.9. The number of methoxy groups -OCH3 is 1. The van der Waals surface area contributed by atoms with Crippen molar-refractivity contribution >= 4 is 12.1 Å². The Balaban J connectivity index is 2.03. The number of nitrogens with zero attached hydrogens (tertiary/aromatic N) is 1. The van der Waals surface area contributed by atoms with Gasteiger partial charge in [-0.2, -0.15) is 0 Å². The molecule has 3 rings (SSSR count). The van der Waals surface area contributed by atoms with Gasteiger partial charge in [0.1, 0.15) is 5.76 Å². The van der Waals surface area contributed by atoms with Crippen molar-refractivity contribution in [1.82, 2.24) is 4.90 Å². The van der Waals surface area contributed by atoms with Crippen LogP contribution in [0.25, 0.3) is 0 Å². The third-order valence-electron chi connectivity index (χ3n) is 5.34. The molecule has 2 aliphatic heterocycles. The van der Waals surface area contributed by atoms with Crippen LogP contribution in [0.2, 0.25) is 0 Å². The Hall–Kier alpha value is -2.74. The Labute approximate surface area is 176 Å². The molecule has 0 fully saturated rings. The van der Waals surface area contributed by atoms with Crippen LogP contribution in [-0.2, 0) is 25.4 Å². The van der Waals surface area contributed by atoms with Crippen molar-refractivity contribution < 1.29 is 33.3 Å². The first-order chi connectivity index (χ1) is 14.5. The average Bonchev–Trinajstić information content (AvgIpc) is 3.09. The summed E-state index contributed by atoms with van der Waals surface area (Å²) in [6.45, 7) is 7.74. The molecule has 0 spiro atoms. The fourth-order valence-corrected chi connectivity index (χ4v) is 4.07. The predicted octanol–water partition coefficient (Wildman–Crippen LogP) is 3.39. The van der Waals surface area contributed by atoms with E-state index in [1.54, 1.807) is 6.08 Å². The predicted molar refractivity (Wildman–Crippen MR) is 109 cm³/mol. The van der Waals surface area contributed by atoms with E-state index < -0.39 is 18.2 Å². The second-order valence-electron chi connectivity index (χ2n) is 7.34. The molecular formula is C22H29NO7. The first-order valence-electron chi connectivity index (χ1n) is 10.2. The smallest absolute Gasteiger partial charge is 0.497 e. The Kier molecular flexibility index (Phi) is 7.20. The zero-order valence-corrected chi connectivity index (χ0v) is 17.9. The highest BCUT2D eigenvalue weighted by Crippen LogP contribution is 2.41. The summed E-state index contributed by atoms with van der Waals surface area (Å²) in [6, 6.07) is 3.97. The van der Waals surface area contributed by atoms with Crippen molar-refractivity contribution in [1.29, 1.82) is 0 Å². The number of carbonyl (C=O) groups excluding carboxylic acids is 2. The fourth-order valence-electron chi connectivity index (χ4n) is 4.07. The Bertz CT molecular complexity index is 820. The lowest BCUT2D eigenvalue weighted by Gasteiger charge is -2.31. The minimum Gasteiger partial charge on any atom is -0.497 e. The molecule has 2 aliphatic rings. The molecule has 0 aromatic heterocycles. The number of rotatable bonds is 6. The molecule has 0 saturated heterocycles. The van der Waals surface area contributed by atoms with E-state index in [-0.39, 0.29) is 12.7 Å². The van der Waals surface area contributed by atoms with E-state index in [9.17, 15) is 9.59 Å². The average molecular weight is 419 g/mol. The topological polar surface area (TPSA) is 83.5 Å². The van der Waals surface area contributed by atoms with Gasteiger partial charge in [0.05, 0.1) is 7.11 Å². The summed E-state index contributed by atoms with van der Waals surface area (Å²) < 4.78 is 27.0. The maximum Gasteiger partial charge on any atom is 0.516 e. The number of ether oxygens (including phenoxy) is 5. The molecule has 2 unspecified atom stereocenters. The highest BCUT2D eigenvalue weighted by atomic mass is 16.7. The number of carbonyl (C=O) groups is 2. The summed E-state index contributed by atoms with van der Waals surface area (Å²) in [5.41, 5.74) is 2.12. The molecule has 2 heterocycles. The van der Waals surface area contributed by atoms with Crippen LogP contribution in [0.15, 0.2) is 24.0 Å². The molecule has 0 radical (unpaired) electrons. The van der Waals surface area contributed by atoms with Crippen molar-refractivity contribution in [2.45, 2.75) is 45.6 Å². The number of fused-ring (bicyclic) bond motifs is 2. The minimum absolute atomic E-state index is 0.188. The van der Waals surface area contributed by atoms with Crippen LogP contribution in [-0.4, -0.2) is 56.7 Å². The van der Waals surface area contributed by atoms with E-state index in [4.69, 9.17) is 18.9 Å². The van der Waals surface area contributed by atoms with Crippen molar-refractivity contribution in [3.63, 3.8) is 0 Å². The van der Waals surface area contributed by atoms with E-state index in [0.717, 1.165) is 49.7 Å². The minimum atomic E-state index is -1.04. The maximum absolute atomic E-state index is 12.2. The third kappa shape index (κ3) is 4.87. The molecule has 164 valence electrons. The number of hydrogen-bond donors (Lipinski definition) is 0. The molecule has 0 amide bonds. The van der Waals surface area contributed by atoms with Crippen LogP contribution in [0.4, 0.5) is 4.79 Å². The summed E-state index contributed by atoms with van der Waals surface area (Å²) >= 11 is 0. The Morgan fingerprint density at radius 2 is 2.03 bits per heavy atom. The van der Waals surface area contributed by atoms with E-state index in [1.165, 1.54) is 7.11 Å². The summed E-state index contributed by atoms with van der Waals surface area (Å²) in [7, 11) is 1.53. The van der Waals surface area contributed by atoms with Crippen LogP contribution < -0.4 is 9.47 Å². The summed E-state index contributed by atoms with van der Waals surface area (Å²) in [6.07, 6.45) is 1.80. The quantitative estimate of drug-likeness (QED) is 0.394. The van der Waals surface area contributed by atoms with Gasteiger partial charge < -0.3 is 28.6 Å². The van der Waals surface area contributed by atoms with Crippen molar-refractivity contribution in [3.8, 4) is 11.5 Å². The van der Waals surface area contributed by atoms with Gasteiger partial charge in [-0.3, -0.25) is 4.79 Å². The number of hydrogen-bond acceptors (Lipinski definition) is 8. The maximum atomic E-state index is 12.2. The SMILES string of the molecule is C/C=C(/OC)C(OC(=O)OC(C)=O)C1CN(CCC)CCc2cc3c(cc21)OCO3. The Morgan fingerprint density at radius 1 is 1.30 bits per heavy atom. The molecule has 0 aliphatic carbocycles. The van der Waals surface area contributed by atoms with Gasteiger partial charge in [-0.15, -0.1) is 0 Å². The lowest BCUT2D eigenvalue weighted by molar-refractivity contribution is -0.138. The molecule has 2 atom stereocenters. The molecule has 0 bridgehead atoms. The third-order valence-corrected chi connectivity index (χ3v) is 5.34. The van der Waals surface area contributed by atoms with Gasteiger partial charge in [-0.1, -0.05) is 6.92 Å². The largest absolute Gasteiger partial charge is 0.516 e. The van der Waals surface area contributed by atoms with E-state index in [2.05, 4.69) is 16.6 Å². The van der Waals surface area contributed by atoms with Crippen molar-refractivity contribution in [2.75, 3.05) is 33.5 Å². The summed E-state index contributed by atoms with van der Waals surface area (Å²) in [4.78, 5) is 25.8. The summed E-state index contributed by atoms with van der Waals surface area (Å²) in [5.74, 6) is 0.919. The number of esters is 1. The van der Waals surface area contributed by atoms with Crippen LogP contribution in [0.1, 0.15) is 44.2 Å². The van der Waals surface area contributed by atoms with Gasteiger partial charge in [0.2, 0.25) is 6.79 Å². The first-order valence-corrected chi connectivity index (χ1v) is 10.2. The second-order valence-corrected chi connectivity index (χ2v) is 7.34. The highest BCUT2D eigenvalue weighted by Gasteiger charge is 2.37. The molecule has 0 saturated carbocycles. The van der Waals surface area contributed by atoms with Gasteiger partial charge in [0.15, 0.2) is 17.6 Å². The van der Waals surface area contributed by atoms with Crippen LogP contribution in [0.5, 0.6) is 11.5 Å². The van der Waals surface area contributed by atoms with Crippen molar-refractivity contribution in [3.05, 3.63) is 35.1 Å². The molecule has 8 nitrogen and oxygen atoms in total.